The van der Waals surface area contributed by atoms with E-state index in [1.807, 2.05) is 42.5 Å². The molecule has 0 saturated heterocycles. The summed E-state index contributed by atoms with van der Waals surface area (Å²) in [7, 11) is 0. The maximum atomic E-state index is 12.7. The molecule has 0 aliphatic carbocycles. The van der Waals surface area contributed by atoms with Crippen LogP contribution >= 0.6 is 34.8 Å². The summed E-state index contributed by atoms with van der Waals surface area (Å²) in [6, 6.07) is 17.9. The summed E-state index contributed by atoms with van der Waals surface area (Å²) >= 11 is 17.2. The predicted molar refractivity (Wildman–Crippen MR) is 122 cm³/mol. The highest BCUT2D eigenvalue weighted by Crippen LogP contribution is 2.36. The lowest BCUT2D eigenvalue weighted by Crippen LogP contribution is -2.29. The van der Waals surface area contributed by atoms with E-state index in [0.29, 0.717) is 5.69 Å². The van der Waals surface area contributed by atoms with E-state index in [-0.39, 0.29) is 5.57 Å². The van der Waals surface area contributed by atoms with Gasteiger partial charge in [0.25, 0.3) is 5.91 Å². The second kappa shape index (κ2) is 7.06. The number of carbonyl (C=O) groups excluding carboxylic acids is 1. The highest BCUT2D eigenvalue weighted by atomic mass is 35.6. The third-order valence-electron chi connectivity index (χ3n) is 4.84. The number of hydrogen-bond acceptors (Lipinski definition) is 3. The van der Waals surface area contributed by atoms with Gasteiger partial charge in [0, 0.05) is 5.69 Å². The monoisotopic (exact) mass is 444 g/mol. The largest absolute Gasteiger partial charge is 0.512 e. The Morgan fingerprint density at radius 2 is 1.41 bits per heavy atom. The van der Waals surface area contributed by atoms with E-state index in [2.05, 4.69) is 17.4 Å². The number of carbonyl (C=O) groups is 1. The Hall–Kier alpha value is -2.53. The Kier molecular flexibility index (Phi) is 4.82. The Labute approximate surface area is 181 Å². The van der Waals surface area contributed by atoms with Crippen LogP contribution in [-0.2, 0) is 4.79 Å². The van der Waals surface area contributed by atoms with Gasteiger partial charge in [-0.3, -0.25) is 10.2 Å². The topological polar surface area (TPSA) is 73.2 Å². The molecule has 0 saturated carbocycles. The zero-order valence-corrected chi connectivity index (χ0v) is 17.5. The molecule has 1 amide bonds. The molecule has 0 aromatic heterocycles. The van der Waals surface area contributed by atoms with Crippen LogP contribution in [0, 0.1) is 5.41 Å². The summed E-state index contributed by atoms with van der Waals surface area (Å²) < 4.78 is -2.13. The van der Waals surface area contributed by atoms with Gasteiger partial charge in [-0.15, -0.1) is 0 Å². The maximum Gasteiger partial charge on any atom is 0.261 e. The van der Waals surface area contributed by atoms with Gasteiger partial charge in [0.1, 0.15) is 11.3 Å². The van der Waals surface area contributed by atoms with Crippen molar-refractivity contribution in [2.24, 2.45) is 0 Å². The number of benzene rings is 4. The molecule has 0 fully saturated rings. The van der Waals surface area contributed by atoms with Gasteiger partial charge in [-0.1, -0.05) is 77.3 Å². The van der Waals surface area contributed by atoms with Crippen molar-refractivity contribution in [3.05, 3.63) is 65.9 Å². The summed E-state index contributed by atoms with van der Waals surface area (Å²) in [4.78, 5) is 12.7. The number of halogens is 3. The standard InChI is InChI=1S/C22H15Cl3N2O2/c1-11(28)17(20(26)22(23,24)25)21(29)27-16-9-14-7-5-12-3-2-4-13-6-8-15(10-16)19(14)18(12)13/h2-10,26,28H,1H3,(H,27,29). The molecule has 0 spiro atoms. The summed E-state index contributed by atoms with van der Waals surface area (Å²) in [5.74, 6) is -1.13. The number of alkyl halides is 3. The minimum absolute atomic E-state index is 0.380. The number of anilines is 1. The molecular formula is C22H15Cl3N2O2. The fraction of sp³-hybridized carbons (Fsp3) is 0.0909. The zero-order chi connectivity index (χ0) is 20.9. The zero-order valence-electron chi connectivity index (χ0n) is 15.2. The van der Waals surface area contributed by atoms with Crippen LogP contribution in [0.4, 0.5) is 5.69 Å². The molecule has 29 heavy (non-hydrogen) atoms. The van der Waals surface area contributed by atoms with Gasteiger partial charge in [-0.05, 0) is 51.4 Å². The molecule has 0 atom stereocenters. The minimum Gasteiger partial charge on any atom is -0.512 e. The predicted octanol–water partition coefficient (Wildman–Crippen LogP) is 6.74. The molecule has 4 nitrogen and oxygen atoms in total. The number of rotatable bonds is 3. The fourth-order valence-corrected chi connectivity index (χ4v) is 3.90. The number of nitrogens with one attached hydrogen (secondary N) is 2. The highest BCUT2D eigenvalue weighted by Gasteiger charge is 2.34. The molecular weight excluding hydrogens is 431 g/mol. The van der Waals surface area contributed by atoms with Crippen molar-refractivity contribution in [2.45, 2.75) is 10.7 Å². The molecule has 4 rings (SSSR count). The smallest absolute Gasteiger partial charge is 0.261 e. The quantitative estimate of drug-likeness (QED) is 0.107. The molecule has 4 aromatic carbocycles. The summed E-state index contributed by atoms with van der Waals surface area (Å²) in [5, 5.41) is 27.0. The van der Waals surface area contributed by atoms with Crippen molar-refractivity contribution < 1.29 is 9.90 Å². The summed E-state index contributed by atoms with van der Waals surface area (Å²) in [6.07, 6.45) is 0. The first kappa shape index (κ1) is 19.8. The Morgan fingerprint density at radius 3 is 1.90 bits per heavy atom. The molecule has 0 aliphatic rings. The van der Waals surface area contributed by atoms with Gasteiger partial charge in [0.05, 0.1) is 5.71 Å². The van der Waals surface area contributed by atoms with Crippen LogP contribution in [0.2, 0.25) is 0 Å². The molecule has 0 aliphatic heterocycles. The molecule has 0 unspecified atom stereocenters. The van der Waals surface area contributed by atoms with Crippen LogP contribution in [0.1, 0.15) is 6.92 Å². The van der Waals surface area contributed by atoms with Crippen LogP contribution in [0.3, 0.4) is 0 Å². The third-order valence-corrected chi connectivity index (χ3v) is 5.41. The summed E-state index contributed by atoms with van der Waals surface area (Å²) in [5.41, 5.74) is -0.468. The molecule has 0 radical (unpaired) electrons. The van der Waals surface area contributed by atoms with E-state index in [1.165, 1.54) is 12.3 Å². The molecule has 146 valence electrons. The number of allylic oxidation sites excluding steroid dienone is 1. The second-order valence-corrected chi connectivity index (χ2v) is 9.08. The van der Waals surface area contributed by atoms with Crippen molar-refractivity contribution in [2.75, 3.05) is 5.32 Å². The van der Waals surface area contributed by atoms with E-state index < -0.39 is 21.2 Å². The number of hydrogen-bond donors (Lipinski definition) is 3. The Morgan fingerprint density at radius 1 is 0.931 bits per heavy atom. The van der Waals surface area contributed by atoms with Crippen molar-refractivity contribution >= 4 is 84.4 Å². The van der Waals surface area contributed by atoms with Crippen LogP contribution in [0.25, 0.3) is 32.3 Å². The average molecular weight is 446 g/mol. The van der Waals surface area contributed by atoms with E-state index in [0.717, 1.165) is 26.9 Å². The summed E-state index contributed by atoms with van der Waals surface area (Å²) in [6.45, 7) is 1.26. The molecule has 4 aromatic rings. The van der Waals surface area contributed by atoms with Crippen molar-refractivity contribution in [3.8, 4) is 0 Å². The lowest BCUT2D eigenvalue weighted by molar-refractivity contribution is -0.112. The highest BCUT2D eigenvalue weighted by molar-refractivity contribution is 6.78. The Balaban J connectivity index is 1.79. The molecule has 0 heterocycles. The van der Waals surface area contributed by atoms with Crippen molar-refractivity contribution in [1.29, 1.82) is 5.41 Å². The minimum atomic E-state index is -2.13. The van der Waals surface area contributed by atoms with Gasteiger partial charge in [-0.2, -0.15) is 0 Å². The first-order valence-corrected chi connectivity index (χ1v) is 9.85. The van der Waals surface area contributed by atoms with E-state index in [4.69, 9.17) is 40.2 Å². The first-order valence-electron chi connectivity index (χ1n) is 8.71. The fourth-order valence-electron chi connectivity index (χ4n) is 3.62. The second-order valence-electron chi connectivity index (χ2n) is 6.80. The van der Waals surface area contributed by atoms with Crippen LogP contribution in [0.15, 0.2) is 65.9 Å². The van der Waals surface area contributed by atoms with Crippen molar-refractivity contribution in [3.63, 3.8) is 0 Å². The SMILES string of the molecule is CC(O)=C(C(=N)C(Cl)(Cl)Cl)C(=O)Nc1cc2ccc3cccc4ccc(c1)c2c34. The van der Waals surface area contributed by atoms with E-state index in [1.54, 1.807) is 0 Å². The lowest BCUT2D eigenvalue weighted by atomic mass is 9.94. The number of aliphatic hydroxyl groups excluding tert-OH is 1. The number of aliphatic hydroxyl groups is 1. The number of amides is 1. The van der Waals surface area contributed by atoms with Gasteiger partial charge < -0.3 is 10.4 Å². The van der Waals surface area contributed by atoms with E-state index in [9.17, 15) is 9.90 Å². The van der Waals surface area contributed by atoms with Gasteiger partial charge in [0.15, 0.2) is 0 Å². The van der Waals surface area contributed by atoms with Crippen LogP contribution < -0.4 is 5.32 Å². The van der Waals surface area contributed by atoms with Gasteiger partial charge in [-0.25, -0.2) is 0 Å². The molecule has 0 bridgehead atoms. The normalized spacial score (nSPS) is 13.1. The Bertz CT molecular complexity index is 1250. The molecule has 3 N–H and O–H groups in total. The lowest BCUT2D eigenvalue weighted by Gasteiger charge is -2.17. The van der Waals surface area contributed by atoms with Crippen molar-refractivity contribution in [1.82, 2.24) is 0 Å². The third kappa shape index (κ3) is 3.48. The van der Waals surface area contributed by atoms with Gasteiger partial charge in [0.2, 0.25) is 3.79 Å². The maximum absolute atomic E-state index is 12.7. The van der Waals surface area contributed by atoms with Crippen LogP contribution in [0.5, 0.6) is 0 Å². The van der Waals surface area contributed by atoms with Gasteiger partial charge >= 0.3 is 0 Å². The van der Waals surface area contributed by atoms with E-state index >= 15 is 0 Å². The average Bonchev–Trinajstić information content (AvgIpc) is 2.65. The van der Waals surface area contributed by atoms with Crippen LogP contribution in [-0.4, -0.2) is 20.5 Å². The first-order chi connectivity index (χ1) is 13.7. The molecule has 7 heteroatoms.